The predicted octanol–water partition coefficient (Wildman–Crippen LogP) is 4.79. The van der Waals surface area contributed by atoms with Crippen molar-refractivity contribution in [2.45, 2.75) is 29.7 Å². The maximum absolute atomic E-state index is 13.0. The number of nitrogens with zero attached hydrogens (tertiary/aromatic N) is 1. The Morgan fingerprint density at radius 3 is 2.55 bits per heavy atom. The minimum atomic E-state index is -3.67. The summed E-state index contributed by atoms with van der Waals surface area (Å²) in [5.41, 5.74) is 1.34. The average Bonchev–Trinajstić information content (AvgIpc) is 2.86. The molecule has 3 aromatic carbocycles. The zero-order valence-corrected chi connectivity index (χ0v) is 19.0. The average molecular weight is 461 g/mol. The highest BCUT2D eigenvalue weighted by molar-refractivity contribution is 7.91. The Kier molecular flexibility index (Phi) is 6.70. The molecular formula is C26H24N2O4S. The fourth-order valence-corrected chi connectivity index (χ4v) is 4.68. The van der Waals surface area contributed by atoms with Crippen molar-refractivity contribution in [3.63, 3.8) is 0 Å². The second-order valence-electron chi connectivity index (χ2n) is 7.59. The van der Waals surface area contributed by atoms with Crippen molar-refractivity contribution in [2.24, 2.45) is 0 Å². The number of sulfone groups is 1. The van der Waals surface area contributed by atoms with Crippen molar-refractivity contribution in [3.8, 4) is 5.75 Å². The van der Waals surface area contributed by atoms with Crippen LogP contribution in [0.15, 0.2) is 95.0 Å². The minimum absolute atomic E-state index is 0.183. The van der Waals surface area contributed by atoms with E-state index >= 15 is 0 Å². The number of carbonyl (C=O) groups is 1. The van der Waals surface area contributed by atoms with Gasteiger partial charge in [-0.25, -0.2) is 8.42 Å². The molecule has 4 rings (SSSR count). The standard InChI is InChI=1S/C26H24N2O4S/c1-2-14-32-23-4-3-5-25(16-23)33(30,31)24-10-6-19(7-11-24)17-28-26(29)21-9-8-20-12-13-27-18-22(20)15-21/h3-13,15-16,18H,2,14,17H2,1H3,(H,28,29). The van der Waals surface area contributed by atoms with Crippen LogP contribution in [0.4, 0.5) is 0 Å². The molecule has 0 unspecified atom stereocenters. The highest BCUT2D eigenvalue weighted by Gasteiger charge is 2.18. The lowest BCUT2D eigenvalue weighted by Crippen LogP contribution is -2.22. The van der Waals surface area contributed by atoms with E-state index in [1.165, 1.54) is 6.07 Å². The first-order valence-corrected chi connectivity index (χ1v) is 12.1. The molecule has 0 atom stereocenters. The van der Waals surface area contributed by atoms with Gasteiger partial charge in [0, 0.05) is 29.9 Å². The van der Waals surface area contributed by atoms with Crippen molar-refractivity contribution in [1.29, 1.82) is 0 Å². The molecule has 0 radical (unpaired) electrons. The number of benzene rings is 3. The summed E-state index contributed by atoms with van der Waals surface area (Å²) in [6.45, 7) is 2.80. The molecule has 0 aliphatic rings. The third-order valence-electron chi connectivity index (χ3n) is 5.18. The van der Waals surface area contributed by atoms with Crippen LogP contribution < -0.4 is 10.1 Å². The van der Waals surface area contributed by atoms with E-state index in [0.29, 0.717) is 17.9 Å². The molecule has 1 amide bonds. The number of hydrogen-bond acceptors (Lipinski definition) is 5. The lowest BCUT2D eigenvalue weighted by molar-refractivity contribution is 0.0951. The zero-order chi connectivity index (χ0) is 23.3. The molecule has 6 nitrogen and oxygen atoms in total. The quantitative estimate of drug-likeness (QED) is 0.409. The summed E-state index contributed by atoms with van der Waals surface area (Å²) in [7, 11) is -3.67. The summed E-state index contributed by atoms with van der Waals surface area (Å²) in [6.07, 6.45) is 4.27. The Balaban J connectivity index is 1.44. The Hall–Kier alpha value is -3.71. The molecule has 0 saturated heterocycles. The number of carbonyl (C=O) groups excluding carboxylic acids is 1. The topological polar surface area (TPSA) is 85.4 Å². The summed E-state index contributed by atoms with van der Waals surface area (Å²) in [4.78, 5) is 17.0. The van der Waals surface area contributed by atoms with E-state index in [-0.39, 0.29) is 22.2 Å². The van der Waals surface area contributed by atoms with Crippen molar-refractivity contribution in [3.05, 3.63) is 96.3 Å². The van der Waals surface area contributed by atoms with Crippen molar-refractivity contribution in [1.82, 2.24) is 10.3 Å². The van der Waals surface area contributed by atoms with Crippen LogP contribution in [0.3, 0.4) is 0 Å². The second kappa shape index (κ2) is 9.83. The third kappa shape index (κ3) is 5.21. The molecule has 4 aromatic rings. The number of pyridine rings is 1. The summed E-state index contributed by atoms with van der Waals surface area (Å²) in [5, 5.41) is 4.78. The number of fused-ring (bicyclic) bond motifs is 1. The molecule has 0 spiro atoms. The first kappa shape index (κ1) is 22.5. The lowest BCUT2D eigenvalue weighted by atomic mass is 10.1. The number of nitrogens with one attached hydrogen (secondary N) is 1. The SMILES string of the molecule is CCCOc1cccc(S(=O)(=O)c2ccc(CNC(=O)c3ccc4ccncc4c3)cc2)c1. The minimum Gasteiger partial charge on any atom is -0.494 e. The van der Waals surface area contributed by atoms with Gasteiger partial charge < -0.3 is 10.1 Å². The van der Waals surface area contributed by atoms with Crippen LogP contribution in [0.25, 0.3) is 10.8 Å². The number of amides is 1. The molecule has 1 heterocycles. The summed E-state index contributed by atoms with van der Waals surface area (Å²) in [5.74, 6) is 0.322. The molecule has 168 valence electrons. The maximum Gasteiger partial charge on any atom is 0.251 e. The molecule has 1 aromatic heterocycles. The first-order valence-electron chi connectivity index (χ1n) is 10.7. The predicted molar refractivity (Wildman–Crippen MR) is 127 cm³/mol. The first-order chi connectivity index (χ1) is 16.0. The number of rotatable bonds is 8. The molecule has 0 aliphatic carbocycles. The van der Waals surface area contributed by atoms with E-state index in [4.69, 9.17) is 4.74 Å². The molecule has 0 aliphatic heterocycles. The van der Waals surface area contributed by atoms with Gasteiger partial charge >= 0.3 is 0 Å². The van der Waals surface area contributed by atoms with Gasteiger partial charge in [-0.1, -0.05) is 31.2 Å². The molecule has 7 heteroatoms. The van der Waals surface area contributed by atoms with Crippen LogP contribution in [0, 0.1) is 0 Å². The third-order valence-corrected chi connectivity index (χ3v) is 6.95. The van der Waals surface area contributed by atoms with Gasteiger partial charge in [0.05, 0.1) is 16.4 Å². The van der Waals surface area contributed by atoms with E-state index in [9.17, 15) is 13.2 Å². The van der Waals surface area contributed by atoms with Gasteiger partial charge in [-0.3, -0.25) is 9.78 Å². The fraction of sp³-hybridized carbons (Fsp3) is 0.154. The highest BCUT2D eigenvalue weighted by atomic mass is 32.2. The Morgan fingerprint density at radius 2 is 1.76 bits per heavy atom. The van der Waals surface area contributed by atoms with Crippen molar-refractivity contribution >= 4 is 26.5 Å². The fourth-order valence-electron chi connectivity index (χ4n) is 3.38. The van der Waals surface area contributed by atoms with E-state index in [1.54, 1.807) is 67.0 Å². The van der Waals surface area contributed by atoms with Gasteiger partial charge in [-0.15, -0.1) is 0 Å². The van der Waals surface area contributed by atoms with E-state index in [1.807, 2.05) is 19.1 Å². The molecule has 0 fully saturated rings. The van der Waals surface area contributed by atoms with Crippen LogP contribution in [0.5, 0.6) is 5.75 Å². The van der Waals surface area contributed by atoms with Gasteiger partial charge in [0.15, 0.2) is 0 Å². The van der Waals surface area contributed by atoms with Crippen molar-refractivity contribution < 1.29 is 17.9 Å². The molecule has 0 bridgehead atoms. The van der Waals surface area contributed by atoms with E-state index in [0.717, 1.165) is 22.8 Å². The largest absolute Gasteiger partial charge is 0.494 e. The monoisotopic (exact) mass is 460 g/mol. The van der Waals surface area contributed by atoms with Gasteiger partial charge in [0.1, 0.15) is 5.75 Å². The summed E-state index contributed by atoms with van der Waals surface area (Å²) in [6, 6.07) is 20.4. The molecule has 1 N–H and O–H groups in total. The van der Waals surface area contributed by atoms with Gasteiger partial charge in [0.25, 0.3) is 5.91 Å². The molecule has 0 saturated carbocycles. The van der Waals surface area contributed by atoms with Gasteiger partial charge in [0.2, 0.25) is 9.84 Å². The number of ether oxygens (including phenoxy) is 1. The van der Waals surface area contributed by atoms with E-state index in [2.05, 4.69) is 10.3 Å². The highest BCUT2D eigenvalue weighted by Crippen LogP contribution is 2.25. The van der Waals surface area contributed by atoms with Crippen molar-refractivity contribution in [2.75, 3.05) is 6.61 Å². The smallest absolute Gasteiger partial charge is 0.251 e. The Bertz CT molecular complexity index is 1380. The normalized spacial score (nSPS) is 11.3. The van der Waals surface area contributed by atoms with Crippen LogP contribution in [-0.4, -0.2) is 25.9 Å². The van der Waals surface area contributed by atoms with Crippen LogP contribution >= 0.6 is 0 Å². The maximum atomic E-state index is 13.0. The summed E-state index contributed by atoms with van der Waals surface area (Å²) >= 11 is 0. The zero-order valence-electron chi connectivity index (χ0n) is 18.2. The number of hydrogen-bond donors (Lipinski definition) is 1. The van der Waals surface area contributed by atoms with Crippen LogP contribution in [0.2, 0.25) is 0 Å². The Morgan fingerprint density at radius 1 is 0.939 bits per heavy atom. The van der Waals surface area contributed by atoms with Gasteiger partial charge in [-0.05, 0) is 65.9 Å². The molecular weight excluding hydrogens is 436 g/mol. The van der Waals surface area contributed by atoms with Crippen LogP contribution in [0.1, 0.15) is 29.3 Å². The Labute approximate surface area is 193 Å². The lowest BCUT2D eigenvalue weighted by Gasteiger charge is -2.10. The second-order valence-corrected chi connectivity index (χ2v) is 9.54. The number of aromatic nitrogens is 1. The van der Waals surface area contributed by atoms with Crippen LogP contribution in [-0.2, 0) is 16.4 Å². The molecule has 33 heavy (non-hydrogen) atoms. The van der Waals surface area contributed by atoms with E-state index < -0.39 is 9.84 Å². The summed E-state index contributed by atoms with van der Waals surface area (Å²) < 4.78 is 31.6. The van der Waals surface area contributed by atoms with Gasteiger partial charge in [-0.2, -0.15) is 0 Å².